The number of amides is 2. The second kappa shape index (κ2) is 19.4. The van der Waals surface area contributed by atoms with Crippen LogP contribution < -0.4 is 0 Å². The second-order valence-electron chi connectivity index (χ2n) is 17.8. The van der Waals surface area contributed by atoms with Crippen LogP contribution in [0.5, 0.6) is 0 Å². The molecule has 6 aliphatic rings. The molecule has 58 heavy (non-hydrogen) atoms. The molecule has 0 aromatic carbocycles. The predicted molar refractivity (Wildman–Crippen MR) is 221 cm³/mol. The minimum atomic E-state index is -0.786. The molecule has 6 heterocycles. The number of aliphatic carboxylic acids is 1. The Bertz CT molecular complexity index is 1770. The lowest BCUT2D eigenvalue weighted by atomic mass is 9.77. The number of aryl methyl sites for hydroxylation is 6. The molecule has 1 N–H and O–H groups in total. The van der Waals surface area contributed by atoms with Gasteiger partial charge in [-0.3, -0.25) is 38.9 Å². The largest absolute Gasteiger partial charge is 0.480 e. The molecule has 2 aromatic heterocycles. The number of nitrogens with zero attached hydrogens (tertiary/aromatic N) is 6. The third kappa shape index (κ3) is 10.3. The molecule has 2 aromatic rings. The zero-order chi connectivity index (χ0) is 40.5. The summed E-state index contributed by atoms with van der Waals surface area (Å²) in [5, 5.41) is 8.95. The van der Waals surface area contributed by atoms with Crippen LogP contribution in [0.4, 0.5) is 0 Å². The second-order valence-corrected chi connectivity index (χ2v) is 17.8. The molecule has 0 saturated carbocycles. The summed E-state index contributed by atoms with van der Waals surface area (Å²) in [7, 11) is 0. The maximum atomic E-state index is 13.1. The van der Waals surface area contributed by atoms with E-state index in [1.807, 2.05) is 16.7 Å². The molecule has 4 aliphatic heterocycles. The smallest absolute Gasteiger partial charge is 0.320 e. The molecule has 12 nitrogen and oxygen atoms in total. The van der Waals surface area contributed by atoms with E-state index in [2.05, 4.69) is 34.1 Å². The van der Waals surface area contributed by atoms with Crippen molar-refractivity contribution in [2.45, 2.75) is 122 Å². The molecule has 0 unspecified atom stereocenters. The molecule has 8 rings (SSSR count). The number of esters is 1. The van der Waals surface area contributed by atoms with Gasteiger partial charge in [0.05, 0.1) is 30.5 Å². The molecule has 2 spiro atoms. The summed E-state index contributed by atoms with van der Waals surface area (Å²) < 4.78 is 5.05. The number of carboxylic acid groups (broad SMARTS) is 1. The first-order valence-corrected chi connectivity index (χ1v) is 22.5. The fourth-order valence-electron chi connectivity index (χ4n) is 10.4. The van der Waals surface area contributed by atoms with Crippen molar-refractivity contribution in [1.82, 2.24) is 29.6 Å². The first kappa shape index (κ1) is 42.2. The van der Waals surface area contributed by atoms with Crippen molar-refractivity contribution < 1.29 is 29.0 Å². The van der Waals surface area contributed by atoms with E-state index in [1.165, 1.54) is 60.3 Å². The van der Waals surface area contributed by atoms with Crippen molar-refractivity contribution in [3.63, 3.8) is 0 Å². The molecular weight excluding hydrogens is 733 g/mol. The van der Waals surface area contributed by atoms with E-state index < -0.39 is 5.97 Å². The van der Waals surface area contributed by atoms with Crippen LogP contribution >= 0.6 is 0 Å². The Morgan fingerprint density at radius 3 is 1.52 bits per heavy atom. The van der Waals surface area contributed by atoms with Crippen molar-refractivity contribution in [1.29, 1.82) is 0 Å². The Morgan fingerprint density at radius 1 is 0.638 bits per heavy atom. The lowest BCUT2D eigenvalue weighted by Crippen LogP contribution is -2.46. The molecule has 4 saturated heterocycles. The minimum absolute atomic E-state index is 0.0851. The average Bonchev–Trinajstić information content (AvgIpc) is 3.70. The number of fused-ring (bicyclic) bond motifs is 2. The van der Waals surface area contributed by atoms with Crippen LogP contribution in [0, 0.1) is 10.8 Å². The van der Waals surface area contributed by atoms with Crippen LogP contribution in [-0.4, -0.2) is 130 Å². The summed E-state index contributed by atoms with van der Waals surface area (Å²) in [4.78, 5) is 66.7. The monoisotopic (exact) mass is 799 g/mol. The number of ether oxygens (including phenoxy) is 1. The lowest BCUT2D eigenvalue weighted by molar-refractivity contribution is -0.146. The Kier molecular flexibility index (Phi) is 14.2. The molecule has 0 bridgehead atoms. The molecule has 0 radical (unpaired) electrons. The van der Waals surface area contributed by atoms with Gasteiger partial charge < -0.3 is 19.6 Å². The first-order chi connectivity index (χ1) is 28.1. The SMILES string of the molecule is CCOC(=O)CN1CCC2(CC1)CCN(CCCc1ccc3c(n1)CCCC3)C2=O.O=C(O)CN1CCC2(CC1)CCN(CCCc1ccc3c(n1)CCCC3)C2=O. The molecule has 316 valence electrons. The highest BCUT2D eigenvalue weighted by atomic mass is 16.5. The summed E-state index contributed by atoms with van der Waals surface area (Å²) in [6.07, 6.45) is 18.6. The van der Waals surface area contributed by atoms with Gasteiger partial charge in [0.25, 0.3) is 0 Å². The normalized spacial score (nSPS) is 21.5. The van der Waals surface area contributed by atoms with Crippen LogP contribution in [0.2, 0.25) is 0 Å². The van der Waals surface area contributed by atoms with E-state index in [1.54, 1.807) is 0 Å². The predicted octanol–water partition coefficient (Wildman–Crippen LogP) is 5.06. The Morgan fingerprint density at radius 2 is 1.07 bits per heavy atom. The van der Waals surface area contributed by atoms with Gasteiger partial charge >= 0.3 is 11.9 Å². The van der Waals surface area contributed by atoms with Crippen LogP contribution in [0.1, 0.15) is 118 Å². The van der Waals surface area contributed by atoms with Gasteiger partial charge in [0, 0.05) is 49.0 Å². The third-order valence-corrected chi connectivity index (χ3v) is 14.0. The molecule has 2 aliphatic carbocycles. The maximum Gasteiger partial charge on any atom is 0.320 e. The van der Waals surface area contributed by atoms with E-state index in [4.69, 9.17) is 19.8 Å². The standard InChI is InChI=1S/C24H35N3O3.C22H31N3O3/c1-2-30-22(28)18-26-15-11-24(12-16-26)13-17-27(23(24)29)14-5-7-20-10-9-19-6-3-4-8-21(19)25-20;26-20(27)16-24-13-9-22(10-14-24)11-15-25(21(22)28)12-3-5-18-8-7-17-4-1-2-6-19(17)23-18/h9-10H,2-8,11-18H2,1H3;7-8H,1-6,9-16H2,(H,26,27). The number of carbonyl (C=O) groups excluding carboxylic acids is 3. The van der Waals surface area contributed by atoms with Crippen molar-refractivity contribution in [3.05, 3.63) is 58.2 Å². The number of hydrogen-bond donors (Lipinski definition) is 1. The minimum Gasteiger partial charge on any atom is -0.480 e. The first-order valence-electron chi connectivity index (χ1n) is 22.5. The number of aromatic nitrogens is 2. The lowest BCUT2D eigenvalue weighted by Gasteiger charge is -2.37. The van der Waals surface area contributed by atoms with E-state index >= 15 is 0 Å². The maximum absolute atomic E-state index is 13.1. The van der Waals surface area contributed by atoms with Gasteiger partial charge in [-0.15, -0.1) is 0 Å². The topological polar surface area (TPSA) is 136 Å². The fraction of sp³-hybridized carbons (Fsp3) is 0.696. The van der Waals surface area contributed by atoms with E-state index in [0.717, 1.165) is 128 Å². The number of rotatable bonds is 13. The highest BCUT2D eigenvalue weighted by Crippen LogP contribution is 2.43. The Hall–Kier alpha value is -3.90. The number of hydrogen-bond acceptors (Lipinski definition) is 9. The fourth-order valence-corrected chi connectivity index (χ4v) is 10.4. The summed E-state index contributed by atoms with van der Waals surface area (Å²) in [6, 6.07) is 8.85. The van der Waals surface area contributed by atoms with Gasteiger partial charge in [0.1, 0.15) is 0 Å². The zero-order valence-electron chi connectivity index (χ0n) is 35.0. The quantitative estimate of drug-likeness (QED) is 0.274. The summed E-state index contributed by atoms with van der Waals surface area (Å²) in [5.74, 6) is -0.327. The van der Waals surface area contributed by atoms with Gasteiger partial charge in [0.15, 0.2) is 0 Å². The van der Waals surface area contributed by atoms with Gasteiger partial charge in [-0.2, -0.15) is 0 Å². The van der Waals surface area contributed by atoms with Crippen molar-refractivity contribution >= 4 is 23.8 Å². The van der Waals surface area contributed by atoms with Gasteiger partial charge in [-0.1, -0.05) is 12.1 Å². The van der Waals surface area contributed by atoms with Gasteiger partial charge in [0.2, 0.25) is 11.8 Å². The van der Waals surface area contributed by atoms with E-state index in [-0.39, 0.29) is 23.3 Å². The number of pyridine rings is 2. The average molecular weight is 799 g/mol. The van der Waals surface area contributed by atoms with Gasteiger partial charge in [-0.05, 0) is 172 Å². The van der Waals surface area contributed by atoms with E-state index in [0.29, 0.717) is 38.1 Å². The van der Waals surface area contributed by atoms with Gasteiger partial charge in [-0.25, -0.2) is 0 Å². The van der Waals surface area contributed by atoms with E-state index in [9.17, 15) is 19.2 Å². The number of carbonyl (C=O) groups is 4. The van der Waals surface area contributed by atoms with Crippen molar-refractivity contribution in [2.24, 2.45) is 10.8 Å². The molecule has 12 heteroatoms. The molecular formula is C46H66N6O6. The molecule has 0 atom stereocenters. The Balaban J connectivity index is 0.000000177. The summed E-state index contributed by atoms with van der Waals surface area (Å²) in [5.41, 5.74) is 7.32. The van der Waals surface area contributed by atoms with Crippen molar-refractivity contribution in [3.8, 4) is 0 Å². The third-order valence-electron chi connectivity index (χ3n) is 14.0. The highest BCUT2D eigenvalue weighted by molar-refractivity contribution is 5.85. The summed E-state index contributed by atoms with van der Waals surface area (Å²) >= 11 is 0. The highest BCUT2D eigenvalue weighted by Gasteiger charge is 2.49. The molecule has 4 fully saturated rings. The molecule has 2 amide bonds. The zero-order valence-corrected chi connectivity index (χ0v) is 35.0. The number of piperidine rings is 2. The van der Waals surface area contributed by atoms with Crippen LogP contribution in [0.3, 0.4) is 0 Å². The number of likely N-dealkylation sites (tertiary alicyclic amines) is 4. The van der Waals surface area contributed by atoms with Crippen molar-refractivity contribution in [2.75, 3.05) is 72.1 Å². The summed E-state index contributed by atoms with van der Waals surface area (Å²) in [6.45, 7) is 9.05. The number of carboxylic acids is 1. The van der Waals surface area contributed by atoms with Crippen LogP contribution in [-0.2, 0) is 62.4 Å². The van der Waals surface area contributed by atoms with Crippen LogP contribution in [0.15, 0.2) is 24.3 Å². The Labute approximate surface area is 345 Å². The van der Waals surface area contributed by atoms with Crippen LogP contribution in [0.25, 0.3) is 0 Å².